The van der Waals surface area contributed by atoms with Crippen LogP contribution in [0.3, 0.4) is 0 Å². The van der Waals surface area contributed by atoms with Crippen molar-refractivity contribution in [3.63, 3.8) is 0 Å². The van der Waals surface area contributed by atoms with E-state index >= 15 is 0 Å². The lowest BCUT2D eigenvalue weighted by atomic mass is 10.0. The second-order valence-electron chi connectivity index (χ2n) is 21.0. The summed E-state index contributed by atoms with van der Waals surface area (Å²) < 4.78 is 23.7. The van der Waals surface area contributed by atoms with Gasteiger partial charge in [0, 0.05) is 6.42 Å². The van der Waals surface area contributed by atoms with Gasteiger partial charge < -0.3 is 19.8 Å². The summed E-state index contributed by atoms with van der Waals surface area (Å²) in [7, 11) is 1.55. The molecule has 0 aliphatic heterocycles. The van der Waals surface area contributed by atoms with E-state index in [4.69, 9.17) is 9.05 Å². The van der Waals surface area contributed by atoms with E-state index < -0.39 is 20.0 Å². The fourth-order valence-electron chi connectivity index (χ4n) is 8.42. The van der Waals surface area contributed by atoms with E-state index in [1.54, 1.807) is 6.08 Å². The molecule has 3 N–H and O–H groups in total. The van der Waals surface area contributed by atoms with E-state index in [0.29, 0.717) is 17.4 Å². The Morgan fingerprint density at radius 3 is 1.18 bits per heavy atom. The molecule has 3 unspecified atom stereocenters. The third-order valence-electron chi connectivity index (χ3n) is 13.0. The molecule has 9 heteroatoms. The van der Waals surface area contributed by atoms with Crippen LogP contribution in [-0.4, -0.2) is 73.4 Å². The summed E-state index contributed by atoms with van der Waals surface area (Å²) in [6.45, 7) is 4.81. The van der Waals surface area contributed by atoms with Crippen molar-refractivity contribution in [2.45, 2.75) is 283 Å². The number of aliphatic hydroxyl groups is 1. The lowest BCUT2D eigenvalue weighted by molar-refractivity contribution is -0.870. The first-order chi connectivity index (χ1) is 33.0. The highest BCUT2D eigenvalue weighted by Crippen LogP contribution is 2.43. The third-order valence-corrected chi connectivity index (χ3v) is 14.0. The highest BCUT2D eigenvalue weighted by molar-refractivity contribution is 7.47. The number of amides is 1. The smallest absolute Gasteiger partial charge is 0.387 e. The molecule has 0 aromatic rings. The number of nitrogens with one attached hydrogen (secondary N) is 1. The number of carbonyl (C=O) groups is 1. The molecule has 400 valence electrons. The first-order valence-electron chi connectivity index (χ1n) is 29.0. The number of quaternary nitrogens is 1. The third kappa shape index (κ3) is 52.3. The lowest BCUT2D eigenvalue weighted by Gasteiger charge is -2.25. The predicted octanol–water partition coefficient (Wildman–Crippen LogP) is 17.5. The summed E-state index contributed by atoms with van der Waals surface area (Å²) in [6, 6.07) is -0.871. The van der Waals surface area contributed by atoms with E-state index in [0.717, 1.165) is 44.9 Å². The highest BCUT2D eigenvalue weighted by atomic mass is 31.2. The van der Waals surface area contributed by atoms with E-state index in [1.165, 1.54) is 205 Å². The number of likely N-dealkylation sites (N-methyl/N-ethyl adjacent to an activating group) is 1. The van der Waals surface area contributed by atoms with Gasteiger partial charge in [-0.15, -0.1) is 0 Å². The first kappa shape index (κ1) is 66.5. The molecule has 0 aliphatic carbocycles. The molecule has 0 bridgehead atoms. The Hall–Kier alpha value is -1.54. The SMILES string of the molecule is CCCCCCCCCCCC/C=C/CC/C=C/CC/C=C/C(O)C(COP(=O)(O)OCC[N+](C)(C)C)NC(=O)CCCCCCCCCCCC/C=C\CCCCCCCCCCCCCC. The molecule has 0 radical (unpaired) electrons. The molecule has 0 fully saturated rings. The molecule has 0 heterocycles. The minimum atomic E-state index is -4.36. The Bertz CT molecular complexity index is 1250. The standard InChI is InChI=1S/C59H113N2O6P/c1-6-8-10-12-14-16-18-20-22-24-26-28-29-30-31-32-33-35-37-39-41-43-45-47-49-51-53-59(63)60-57(56-67-68(64,65)66-55-54-61(3,4)5)58(62)52-50-48-46-44-42-40-38-36-34-27-25-23-21-19-17-15-13-11-9-7-2/h30-31,34,36,42,44,50,52,57-58,62H,6-29,32-33,35,37-41,43,45-49,51,53-56H2,1-5H3,(H-,60,63,64,65)/p+1/b31-30-,36-34+,44-42+,52-50+. The Kier molecular flexibility index (Phi) is 49.3. The molecule has 0 saturated carbocycles. The van der Waals surface area contributed by atoms with Gasteiger partial charge in [-0.25, -0.2) is 4.57 Å². The van der Waals surface area contributed by atoms with Crippen molar-refractivity contribution in [3.05, 3.63) is 48.6 Å². The second kappa shape index (κ2) is 50.4. The van der Waals surface area contributed by atoms with E-state index in [1.807, 2.05) is 27.2 Å². The Labute approximate surface area is 422 Å². The average Bonchev–Trinajstić information content (AvgIpc) is 3.30. The van der Waals surface area contributed by atoms with Gasteiger partial charge in [0.15, 0.2) is 0 Å². The number of hydrogen-bond donors (Lipinski definition) is 3. The number of aliphatic hydroxyl groups excluding tert-OH is 1. The molecule has 0 aromatic carbocycles. The molecular weight excluding hydrogens is 864 g/mol. The molecule has 3 atom stereocenters. The normalized spacial score (nSPS) is 14.3. The maximum atomic E-state index is 13.0. The molecule has 0 saturated heterocycles. The van der Waals surface area contributed by atoms with Crippen LogP contribution in [0.25, 0.3) is 0 Å². The fourth-order valence-corrected chi connectivity index (χ4v) is 9.16. The van der Waals surface area contributed by atoms with Crippen LogP contribution in [0.5, 0.6) is 0 Å². The van der Waals surface area contributed by atoms with Crippen molar-refractivity contribution < 1.29 is 32.9 Å². The maximum absolute atomic E-state index is 13.0. The Morgan fingerprint density at radius 2 is 0.809 bits per heavy atom. The topological polar surface area (TPSA) is 105 Å². The minimum absolute atomic E-state index is 0.0530. The van der Waals surface area contributed by atoms with Crippen molar-refractivity contribution in [1.29, 1.82) is 0 Å². The maximum Gasteiger partial charge on any atom is 0.472 e. The van der Waals surface area contributed by atoms with Crippen LogP contribution in [0.15, 0.2) is 48.6 Å². The van der Waals surface area contributed by atoms with Gasteiger partial charge in [0.2, 0.25) is 5.91 Å². The van der Waals surface area contributed by atoms with Crippen molar-refractivity contribution >= 4 is 13.7 Å². The molecule has 0 aliphatic rings. The van der Waals surface area contributed by atoms with Crippen LogP contribution in [-0.2, 0) is 18.4 Å². The van der Waals surface area contributed by atoms with Gasteiger partial charge >= 0.3 is 7.82 Å². The molecule has 1 amide bonds. The molecular formula is C59H114N2O6P+. The molecule has 8 nitrogen and oxygen atoms in total. The zero-order valence-electron chi connectivity index (χ0n) is 45.6. The number of carbonyl (C=O) groups excluding carboxylic acids is 1. The van der Waals surface area contributed by atoms with Crippen LogP contribution < -0.4 is 5.32 Å². The number of allylic oxidation sites excluding steroid dienone is 7. The van der Waals surface area contributed by atoms with E-state index in [9.17, 15) is 19.4 Å². The highest BCUT2D eigenvalue weighted by Gasteiger charge is 2.27. The quantitative estimate of drug-likeness (QED) is 0.0243. The number of unbranched alkanes of at least 4 members (excludes halogenated alkanes) is 34. The van der Waals surface area contributed by atoms with Gasteiger partial charge in [-0.05, 0) is 70.6 Å². The second-order valence-corrected chi connectivity index (χ2v) is 22.4. The van der Waals surface area contributed by atoms with Gasteiger partial charge in [-0.3, -0.25) is 13.8 Å². The predicted molar refractivity (Wildman–Crippen MR) is 295 cm³/mol. The number of phosphoric acid groups is 1. The summed E-state index contributed by atoms with van der Waals surface area (Å²) in [5, 5.41) is 13.9. The lowest BCUT2D eigenvalue weighted by Crippen LogP contribution is -2.45. The van der Waals surface area contributed by atoms with E-state index in [-0.39, 0.29) is 19.1 Å². The van der Waals surface area contributed by atoms with Crippen LogP contribution in [0.1, 0.15) is 271 Å². The van der Waals surface area contributed by atoms with Gasteiger partial charge in [-0.1, -0.05) is 242 Å². The molecule has 0 rings (SSSR count). The van der Waals surface area contributed by atoms with Gasteiger partial charge in [0.05, 0.1) is 39.9 Å². The summed E-state index contributed by atoms with van der Waals surface area (Å²) in [5.74, 6) is -0.190. The zero-order valence-corrected chi connectivity index (χ0v) is 46.5. The zero-order chi connectivity index (χ0) is 49.9. The van der Waals surface area contributed by atoms with Crippen LogP contribution >= 0.6 is 7.82 Å². The summed E-state index contributed by atoms with van der Waals surface area (Å²) in [5.41, 5.74) is 0. The molecule has 0 spiro atoms. The van der Waals surface area contributed by atoms with Gasteiger partial charge in [0.1, 0.15) is 13.2 Å². The minimum Gasteiger partial charge on any atom is -0.387 e. The Morgan fingerprint density at radius 1 is 0.485 bits per heavy atom. The number of nitrogens with zero attached hydrogens (tertiary/aromatic N) is 1. The van der Waals surface area contributed by atoms with Crippen molar-refractivity contribution in [2.75, 3.05) is 40.9 Å². The average molecular weight is 979 g/mol. The number of hydrogen-bond acceptors (Lipinski definition) is 5. The van der Waals surface area contributed by atoms with Crippen LogP contribution in [0, 0.1) is 0 Å². The van der Waals surface area contributed by atoms with Crippen LogP contribution in [0.4, 0.5) is 0 Å². The largest absolute Gasteiger partial charge is 0.472 e. The van der Waals surface area contributed by atoms with E-state index in [2.05, 4.69) is 55.6 Å². The first-order valence-corrected chi connectivity index (χ1v) is 30.5. The summed E-state index contributed by atoms with van der Waals surface area (Å²) >= 11 is 0. The summed E-state index contributed by atoms with van der Waals surface area (Å²) in [6.07, 6.45) is 66.5. The van der Waals surface area contributed by atoms with Gasteiger partial charge in [-0.2, -0.15) is 0 Å². The molecule has 68 heavy (non-hydrogen) atoms. The number of rotatable bonds is 53. The Balaban J connectivity index is 4.25. The van der Waals surface area contributed by atoms with Crippen molar-refractivity contribution in [2.24, 2.45) is 0 Å². The van der Waals surface area contributed by atoms with Crippen LogP contribution in [0.2, 0.25) is 0 Å². The fraction of sp³-hybridized carbons (Fsp3) is 0.847. The number of phosphoric ester groups is 1. The van der Waals surface area contributed by atoms with Crippen molar-refractivity contribution in [1.82, 2.24) is 5.32 Å². The van der Waals surface area contributed by atoms with Gasteiger partial charge in [0.25, 0.3) is 0 Å². The molecule has 0 aromatic heterocycles. The van der Waals surface area contributed by atoms with Crippen molar-refractivity contribution in [3.8, 4) is 0 Å². The summed E-state index contributed by atoms with van der Waals surface area (Å²) in [4.78, 5) is 23.3. The monoisotopic (exact) mass is 978 g/mol.